The molecule has 0 spiro atoms. The van der Waals surface area contributed by atoms with Crippen LogP contribution in [0.2, 0.25) is 5.02 Å². The van der Waals surface area contributed by atoms with Crippen LogP contribution in [0.3, 0.4) is 0 Å². The van der Waals surface area contributed by atoms with Crippen molar-refractivity contribution in [2.75, 3.05) is 0 Å². The largest absolute Gasteiger partial charge is 0.478 e. The van der Waals surface area contributed by atoms with Crippen LogP contribution in [0.25, 0.3) is 11.1 Å². The summed E-state index contributed by atoms with van der Waals surface area (Å²) in [6.07, 6.45) is 0. The van der Waals surface area contributed by atoms with Crippen LogP contribution in [0.4, 0.5) is 0 Å². The van der Waals surface area contributed by atoms with Gasteiger partial charge < -0.3 is 5.11 Å². The second-order valence-corrected chi connectivity index (χ2v) is 5.93. The maximum Gasteiger partial charge on any atom is 0.336 e. The van der Waals surface area contributed by atoms with Crippen molar-refractivity contribution in [2.45, 2.75) is 34.6 Å². The van der Waals surface area contributed by atoms with Crippen molar-refractivity contribution in [1.82, 2.24) is 0 Å². The van der Waals surface area contributed by atoms with Crippen molar-refractivity contribution >= 4 is 17.6 Å². The molecule has 0 saturated carbocycles. The molecule has 0 aliphatic rings. The van der Waals surface area contributed by atoms with Crippen molar-refractivity contribution in [3.63, 3.8) is 0 Å². The van der Waals surface area contributed by atoms with Crippen LogP contribution in [0.1, 0.15) is 38.2 Å². The van der Waals surface area contributed by atoms with E-state index in [0.717, 1.165) is 22.3 Å². The van der Waals surface area contributed by atoms with Crippen LogP contribution in [0.5, 0.6) is 0 Å². The molecule has 2 rings (SSSR count). The van der Waals surface area contributed by atoms with E-state index in [1.54, 1.807) is 12.1 Å². The van der Waals surface area contributed by atoms with Crippen molar-refractivity contribution in [3.8, 4) is 11.1 Å². The molecule has 21 heavy (non-hydrogen) atoms. The van der Waals surface area contributed by atoms with Gasteiger partial charge in [-0.1, -0.05) is 17.7 Å². The lowest BCUT2D eigenvalue weighted by Crippen LogP contribution is -2.04. The lowest BCUT2D eigenvalue weighted by atomic mass is 9.85. The zero-order valence-electron chi connectivity index (χ0n) is 13.0. The molecule has 0 bridgehead atoms. The van der Waals surface area contributed by atoms with Gasteiger partial charge >= 0.3 is 5.97 Å². The molecule has 0 aliphatic carbocycles. The van der Waals surface area contributed by atoms with Crippen LogP contribution in [0, 0.1) is 34.6 Å². The number of carbonyl (C=O) groups is 1. The van der Waals surface area contributed by atoms with Crippen LogP contribution in [-0.2, 0) is 0 Å². The van der Waals surface area contributed by atoms with Crippen molar-refractivity contribution in [3.05, 3.63) is 56.6 Å². The minimum Gasteiger partial charge on any atom is -0.478 e. The summed E-state index contributed by atoms with van der Waals surface area (Å²) in [4.78, 5) is 11.5. The Balaban J connectivity index is 2.89. The first kappa shape index (κ1) is 15.6. The van der Waals surface area contributed by atoms with Gasteiger partial charge in [-0.15, -0.1) is 0 Å². The standard InChI is InChI=1S/C18H19ClO2/c1-9-10(2)12(4)17(13(5)11(9)3)15-7-6-14(19)8-16(15)18(20)21/h6-8H,1-5H3,(H,20,21). The molecule has 0 aliphatic heterocycles. The van der Waals surface area contributed by atoms with Gasteiger partial charge in [-0.2, -0.15) is 0 Å². The molecule has 0 saturated heterocycles. The lowest BCUT2D eigenvalue weighted by Gasteiger charge is -2.20. The van der Waals surface area contributed by atoms with E-state index in [2.05, 4.69) is 20.8 Å². The molecule has 2 aromatic rings. The average molecular weight is 303 g/mol. The summed E-state index contributed by atoms with van der Waals surface area (Å²) in [6, 6.07) is 5.06. The van der Waals surface area contributed by atoms with Gasteiger partial charge in [-0.3, -0.25) is 0 Å². The summed E-state index contributed by atoms with van der Waals surface area (Å²) in [5, 5.41) is 9.90. The number of halogens is 1. The number of hydrogen-bond acceptors (Lipinski definition) is 1. The summed E-state index contributed by atoms with van der Waals surface area (Å²) in [5.41, 5.74) is 7.91. The molecule has 0 amide bonds. The Labute approximate surface area is 130 Å². The number of carboxylic acids is 1. The van der Waals surface area contributed by atoms with Gasteiger partial charge in [0, 0.05) is 5.02 Å². The average Bonchev–Trinajstić information content (AvgIpc) is 2.44. The Morgan fingerprint density at radius 1 is 0.905 bits per heavy atom. The fourth-order valence-electron chi connectivity index (χ4n) is 2.82. The second kappa shape index (κ2) is 5.53. The molecule has 1 N–H and O–H groups in total. The Morgan fingerprint density at radius 2 is 1.38 bits per heavy atom. The maximum atomic E-state index is 11.5. The monoisotopic (exact) mass is 302 g/mol. The molecule has 0 radical (unpaired) electrons. The summed E-state index contributed by atoms with van der Waals surface area (Å²) in [6.45, 7) is 10.4. The Kier molecular flexibility index (Phi) is 4.11. The fraction of sp³-hybridized carbons (Fsp3) is 0.278. The van der Waals surface area contributed by atoms with Gasteiger partial charge in [0.25, 0.3) is 0 Å². The highest BCUT2D eigenvalue weighted by atomic mass is 35.5. The van der Waals surface area contributed by atoms with Crippen molar-refractivity contribution in [2.24, 2.45) is 0 Å². The van der Waals surface area contributed by atoms with Gasteiger partial charge in [0.05, 0.1) is 5.56 Å². The normalized spacial score (nSPS) is 10.8. The minimum atomic E-state index is -0.956. The molecule has 2 aromatic carbocycles. The quantitative estimate of drug-likeness (QED) is 0.823. The highest BCUT2D eigenvalue weighted by Gasteiger charge is 2.19. The molecule has 0 heterocycles. The summed E-state index contributed by atoms with van der Waals surface area (Å²) in [7, 11) is 0. The Morgan fingerprint density at radius 3 is 1.86 bits per heavy atom. The number of rotatable bonds is 2. The zero-order chi connectivity index (χ0) is 15.9. The van der Waals surface area contributed by atoms with Crippen molar-refractivity contribution < 1.29 is 9.90 Å². The van der Waals surface area contributed by atoms with E-state index in [0.29, 0.717) is 5.02 Å². The molecule has 0 atom stereocenters. The van der Waals surface area contributed by atoms with E-state index in [1.165, 1.54) is 22.8 Å². The second-order valence-electron chi connectivity index (χ2n) is 5.50. The van der Waals surface area contributed by atoms with Crippen LogP contribution < -0.4 is 0 Å². The third-order valence-electron chi connectivity index (χ3n) is 4.48. The molecule has 0 aromatic heterocycles. The highest BCUT2D eigenvalue weighted by Crippen LogP contribution is 2.36. The first-order valence-electron chi connectivity index (χ1n) is 6.85. The Bertz CT molecular complexity index is 716. The number of benzene rings is 2. The number of carboxylic acid groups (broad SMARTS) is 1. The van der Waals surface area contributed by atoms with Gasteiger partial charge in [-0.05, 0) is 85.7 Å². The van der Waals surface area contributed by atoms with Crippen LogP contribution >= 0.6 is 11.6 Å². The molecular weight excluding hydrogens is 284 g/mol. The van der Waals surface area contributed by atoms with Crippen molar-refractivity contribution in [1.29, 1.82) is 0 Å². The molecule has 110 valence electrons. The Hall–Kier alpha value is -1.80. The van der Waals surface area contributed by atoms with E-state index >= 15 is 0 Å². The van der Waals surface area contributed by atoms with E-state index in [9.17, 15) is 9.90 Å². The SMILES string of the molecule is Cc1c(C)c(C)c(-c2ccc(Cl)cc2C(=O)O)c(C)c1C. The first-order chi connectivity index (χ1) is 9.75. The smallest absolute Gasteiger partial charge is 0.336 e. The summed E-state index contributed by atoms with van der Waals surface area (Å²) < 4.78 is 0. The number of aromatic carboxylic acids is 1. The van der Waals surface area contributed by atoms with Gasteiger partial charge in [-0.25, -0.2) is 4.79 Å². The van der Waals surface area contributed by atoms with Crippen LogP contribution in [0.15, 0.2) is 18.2 Å². The third-order valence-corrected chi connectivity index (χ3v) is 4.72. The minimum absolute atomic E-state index is 0.247. The van der Waals surface area contributed by atoms with Gasteiger partial charge in [0.1, 0.15) is 0 Å². The van der Waals surface area contributed by atoms with E-state index < -0.39 is 5.97 Å². The van der Waals surface area contributed by atoms with E-state index in [4.69, 9.17) is 11.6 Å². The van der Waals surface area contributed by atoms with E-state index in [1.807, 2.05) is 13.8 Å². The predicted molar refractivity (Wildman–Crippen MR) is 87.5 cm³/mol. The third kappa shape index (κ3) is 2.56. The number of hydrogen-bond donors (Lipinski definition) is 1. The summed E-state index contributed by atoms with van der Waals surface area (Å²) >= 11 is 5.95. The fourth-order valence-corrected chi connectivity index (χ4v) is 2.99. The summed E-state index contributed by atoms with van der Waals surface area (Å²) in [5.74, 6) is -0.956. The molecule has 2 nitrogen and oxygen atoms in total. The predicted octanol–water partition coefficient (Wildman–Crippen LogP) is 5.25. The molecule has 3 heteroatoms. The molecule has 0 fully saturated rings. The van der Waals surface area contributed by atoms with Gasteiger partial charge in [0.2, 0.25) is 0 Å². The van der Waals surface area contributed by atoms with Crippen LogP contribution in [-0.4, -0.2) is 11.1 Å². The van der Waals surface area contributed by atoms with Gasteiger partial charge in [0.15, 0.2) is 0 Å². The topological polar surface area (TPSA) is 37.3 Å². The lowest BCUT2D eigenvalue weighted by molar-refractivity contribution is 0.0697. The van der Waals surface area contributed by atoms with E-state index in [-0.39, 0.29) is 5.56 Å². The molecule has 0 unspecified atom stereocenters. The zero-order valence-corrected chi connectivity index (χ0v) is 13.7. The molecular formula is C18H19ClO2. The maximum absolute atomic E-state index is 11.5. The highest BCUT2D eigenvalue weighted by molar-refractivity contribution is 6.31. The first-order valence-corrected chi connectivity index (χ1v) is 7.23.